The lowest BCUT2D eigenvalue weighted by molar-refractivity contribution is 0.344. The minimum Gasteiger partial charge on any atom is -0.497 e. The van der Waals surface area contributed by atoms with Gasteiger partial charge in [-0.2, -0.15) is 5.26 Å². The Balaban J connectivity index is 2.97. The number of nitriles is 1. The average molecular weight is 261 g/mol. The lowest BCUT2D eigenvalue weighted by Crippen LogP contribution is -2.36. The van der Waals surface area contributed by atoms with Gasteiger partial charge in [-0.05, 0) is 32.1 Å². The third-order valence-corrected chi connectivity index (χ3v) is 3.05. The maximum Gasteiger partial charge on any atom is 0.121 e. The van der Waals surface area contributed by atoms with Gasteiger partial charge in [0.1, 0.15) is 11.8 Å². The maximum absolute atomic E-state index is 9.17. The van der Waals surface area contributed by atoms with E-state index in [2.05, 4.69) is 30.1 Å². The Morgan fingerprint density at radius 2 is 2.05 bits per heavy atom. The summed E-state index contributed by atoms with van der Waals surface area (Å²) in [6.45, 7) is 5.26. The van der Waals surface area contributed by atoms with Crippen molar-refractivity contribution in [3.63, 3.8) is 0 Å². The van der Waals surface area contributed by atoms with Crippen LogP contribution in [0.2, 0.25) is 0 Å². The zero-order chi connectivity index (χ0) is 14.4. The van der Waals surface area contributed by atoms with E-state index in [-0.39, 0.29) is 6.04 Å². The van der Waals surface area contributed by atoms with E-state index in [9.17, 15) is 5.26 Å². The molecule has 0 saturated carbocycles. The molecule has 0 aliphatic rings. The fraction of sp³-hybridized carbons (Fsp3) is 0.533. The standard InChI is InChI=1S/C15H23N3O/c1-11(2)15(10-18(3)4)17-14-8-13(19-5)7-6-12(14)9-16/h6-8,11,15,17H,10H2,1-5H3. The number of methoxy groups -OCH3 is 1. The summed E-state index contributed by atoms with van der Waals surface area (Å²) in [7, 11) is 5.73. The van der Waals surface area contributed by atoms with E-state index in [1.54, 1.807) is 19.2 Å². The van der Waals surface area contributed by atoms with E-state index in [0.29, 0.717) is 11.5 Å². The van der Waals surface area contributed by atoms with Crippen LogP contribution in [0.25, 0.3) is 0 Å². The van der Waals surface area contributed by atoms with Crippen molar-refractivity contribution in [2.24, 2.45) is 5.92 Å². The fourth-order valence-corrected chi connectivity index (χ4v) is 1.88. The number of anilines is 1. The third kappa shape index (κ3) is 4.46. The topological polar surface area (TPSA) is 48.3 Å². The zero-order valence-electron chi connectivity index (χ0n) is 12.4. The lowest BCUT2D eigenvalue weighted by atomic mass is 10.0. The van der Waals surface area contributed by atoms with Crippen LogP contribution in [-0.2, 0) is 0 Å². The molecular weight excluding hydrogens is 238 g/mol. The summed E-state index contributed by atoms with van der Waals surface area (Å²) in [5, 5.41) is 12.6. The highest BCUT2D eigenvalue weighted by Gasteiger charge is 2.16. The zero-order valence-corrected chi connectivity index (χ0v) is 12.4. The molecule has 0 heterocycles. The molecule has 0 saturated heterocycles. The first-order valence-corrected chi connectivity index (χ1v) is 6.47. The molecule has 0 radical (unpaired) electrons. The Morgan fingerprint density at radius 3 is 2.53 bits per heavy atom. The second kappa shape index (κ2) is 7.01. The van der Waals surface area contributed by atoms with Gasteiger partial charge < -0.3 is 15.0 Å². The van der Waals surface area contributed by atoms with Gasteiger partial charge in [-0.1, -0.05) is 13.8 Å². The highest BCUT2D eigenvalue weighted by molar-refractivity contribution is 5.61. The first-order valence-electron chi connectivity index (χ1n) is 6.47. The van der Waals surface area contributed by atoms with Crippen LogP contribution in [0.1, 0.15) is 19.4 Å². The van der Waals surface area contributed by atoms with Gasteiger partial charge in [0.25, 0.3) is 0 Å². The van der Waals surface area contributed by atoms with E-state index < -0.39 is 0 Å². The molecule has 0 aliphatic heterocycles. The van der Waals surface area contributed by atoms with E-state index >= 15 is 0 Å². The molecule has 4 heteroatoms. The van der Waals surface area contributed by atoms with Crippen molar-refractivity contribution in [1.29, 1.82) is 5.26 Å². The number of hydrogen-bond donors (Lipinski definition) is 1. The minimum absolute atomic E-state index is 0.286. The Morgan fingerprint density at radius 1 is 1.37 bits per heavy atom. The summed E-state index contributed by atoms with van der Waals surface area (Å²) in [6.07, 6.45) is 0. The van der Waals surface area contributed by atoms with Crippen LogP contribution in [0.4, 0.5) is 5.69 Å². The Labute approximate surface area is 116 Å². The summed E-state index contributed by atoms with van der Waals surface area (Å²) >= 11 is 0. The summed E-state index contributed by atoms with van der Waals surface area (Å²) in [6, 6.07) is 7.97. The van der Waals surface area contributed by atoms with Gasteiger partial charge in [-0.3, -0.25) is 0 Å². The molecule has 104 valence electrons. The molecule has 0 bridgehead atoms. The molecule has 1 atom stereocenters. The number of benzene rings is 1. The number of rotatable bonds is 6. The molecule has 0 fully saturated rings. The van der Waals surface area contributed by atoms with Crippen LogP contribution in [0.5, 0.6) is 5.75 Å². The normalized spacial score (nSPS) is 12.3. The largest absolute Gasteiger partial charge is 0.497 e. The molecule has 0 aromatic heterocycles. The average Bonchev–Trinajstić information content (AvgIpc) is 2.37. The van der Waals surface area contributed by atoms with Crippen molar-refractivity contribution >= 4 is 5.69 Å². The van der Waals surface area contributed by atoms with Gasteiger partial charge in [0.05, 0.1) is 18.4 Å². The molecule has 19 heavy (non-hydrogen) atoms. The predicted molar refractivity (Wildman–Crippen MR) is 78.5 cm³/mol. The molecule has 0 aliphatic carbocycles. The number of nitrogens with zero attached hydrogens (tertiary/aromatic N) is 2. The van der Waals surface area contributed by atoms with Crippen molar-refractivity contribution in [3.05, 3.63) is 23.8 Å². The quantitative estimate of drug-likeness (QED) is 0.855. The number of ether oxygens (including phenoxy) is 1. The van der Waals surface area contributed by atoms with Gasteiger partial charge in [-0.25, -0.2) is 0 Å². The van der Waals surface area contributed by atoms with E-state index in [1.807, 2.05) is 20.2 Å². The van der Waals surface area contributed by atoms with Gasteiger partial charge in [0, 0.05) is 18.7 Å². The van der Waals surface area contributed by atoms with Gasteiger partial charge in [0.2, 0.25) is 0 Å². The fourth-order valence-electron chi connectivity index (χ4n) is 1.88. The van der Waals surface area contributed by atoms with E-state index in [1.165, 1.54) is 0 Å². The summed E-state index contributed by atoms with van der Waals surface area (Å²) < 4.78 is 5.22. The highest BCUT2D eigenvalue weighted by atomic mass is 16.5. The molecule has 1 aromatic carbocycles. The summed E-state index contributed by atoms with van der Waals surface area (Å²) in [5.41, 5.74) is 1.48. The first kappa shape index (κ1) is 15.3. The Hall–Kier alpha value is -1.73. The molecule has 1 aromatic rings. The molecular formula is C15H23N3O. The summed E-state index contributed by atoms with van der Waals surface area (Å²) in [4.78, 5) is 2.14. The van der Waals surface area contributed by atoms with Crippen molar-refractivity contribution in [2.45, 2.75) is 19.9 Å². The lowest BCUT2D eigenvalue weighted by Gasteiger charge is -2.27. The number of likely N-dealkylation sites (N-methyl/N-ethyl adjacent to an activating group) is 1. The second-order valence-corrected chi connectivity index (χ2v) is 5.28. The number of nitrogens with one attached hydrogen (secondary N) is 1. The SMILES string of the molecule is COc1ccc(C#N)c(NC(CN(C)C)C(C)C)c1. The Bertz CT molecular complexity index is 449. The van der Waals surface area contributed by atoms with Crippen LogP contribution in [0.3, 0.4) is 0 Å². The molecule has 1 rings (SSSR count). The van der Waals surface area contributed by atoms with E-state index in [4.69, 9.17) is 4.74 Å². The van der Waals surface area contributed by atoms with Crippen molar-refractivity contribution < 1.29 is 4.74 Å². The van der Waals surface area contributed by atoms with Gasteiger partial charge in [-0.15, -0.1) is 0 Å². The summed E-state index contributed by atoms with van der Waals surface area (Å²) in [5.74, 6) is 1.23. The van der Waals surface area contributed by atoms with Gasteiger partial charge >= 0.3 is 0 Å². The van der Waals surface area contributed by atoms with Crippen LogP contribution < -0.4 is 10.1 Å². The van der Waals surface area contributed by atoms with Crippen LogP contribution in [-0.4, -0.2) is 38.7 Å². The molecule has 0 amide bonds. The molecule has 4 nitrogen and oxygen atoms in total. The molecule has 1 unspecified atom stereocenters. The van der Waals surface area contributed by atoms with Crippen LogP contribution in [0, 0.1) is 17.2 Å². The molecule has 0 spiro atoms. The predicted octanol–water partition coefficient (Wildman–Crippen LogP) is 2.56. The second-order valence-electron chi connectivity index (χ2n) is 5.28. The van der Waals surface area contributed by atoms with Crippen molar-refractivity contribution in [1.82, 2.24) is 4.90 Å². The highest BCUT2D eigenvalue weighted by Crippen LogP contribution is 2.24. The minimum atomic E-state index is 0.286. The van der Waals surface area contributed by atoms with E-state index in [0.717, 1.165) is 18.0 Å². The van der Waals surface area contributed by atoms with Crippen molar-refractivity contribution in [3.8, 4) is 11.8 Å². The van der Waals surface area contributed by atoms with Gasteiger partial charge in [0.15, 0.2) is 0 Å². The van der Waals surface area contributed by atoms with Crippen molar-refractivity contribution in [2.75, 3.05) is 33.1 Å². The number of hydrogen-bond acceptors (Lipinski definition) is 4. The van der Waals surface area contributed by atoms with Crippen LogP contribution >= 0.6 is 0 Å². The first-order chi connectivity index (χ1) is 8.97. The van der Waals surface area contributed by atoms with Crippen LogP contribution in [0.15, 0.2) is 18.2 Å². The third-order valence-electron chi connectivity index (χ3n) is 3.05. The molecule has 1 N–H and O–H groups in total. The Kier molecular flexibility index (Phi) is 5.65. The smallest absolute Gasteiger partial charge is 0.121 e. The maximum atomic E-state index is 9.17. The monoisotopic (exact) mass is 261 g/mol.